The van der Waals surface area contributed by atoms with Gasteiger partial charge in [-0.25, -0.2) is 0 Å². The van der Waals surface area contributed by atoms with Gasteiger partial charge in [0.1, 0.15) is 0 Å². The number of nitrogens with zero attached hydrogens (tertiary/aromatic N) is 1. The molecule has 1 N–H and O–H groups in total. The third-order valence-corrected chi connectivity index (χ3v) is 5.23. The Morgan fingerprint density at radius 2 is 2.13 bits per heavy atom. The van der Waals surface area contributed by atoms with Crippen molar-refractivity contribution in [2.45, 2.75) is 44.5 Å². The van der Waals surface area contributed by atoms with Crippen molar-refractivity contribution in [1.82, 2.24) is 9.88 Å². The molecule has 2 aliphatic rings. The fraction of sp³-hybridized carbons (Fsp3) is 0.562. The number of H-pyrrole nitrogens is 1. The van der Waals surface area contributed by atoms with Crippen molar-refractivity contribution in [3.63, 3.8) is 0 Å². The Labute approximate surface area is 143 Å². The molecule has 1 aromatic rings. The van der Waals surface area contributed by atoms with Crippen LogP contribution in [0.4, 0.5) is 8.78 Å². The number of rotatable bonds is 3. The predicted molar refractivity (Wildman–Crippen MR) is 88.1 cm³/mol. The molecule has 2 unspecified atom stereocenters. The molecule has 23 heavy (non-hydrogen) atoms. The summed E-state index contributed by atoms with van der Waals surface area (Å²) in [5.41, 5.74) is 3.22. The van der Waals surface area contributed by atoms with Crippen LogP contribution in [0.1, 0.15) is 37.9 Å². The van der Waals surface area contributed by atoms with Crippen molar-refractivity contribution in [3.8, 4) is 0 Å². The first-order chi connectivity index (χ1) is 10.7. The topological polar surface area (TPSA) is 36.1 Å². The van der Waals surface area contributed by atoms with Crippen LogP contribution in [-0.4, -0.2) is 27.9 Å². The highest BCUT2D eigenvalue weighted by Crippen LogP contribution is 2.48. The summed E-state index contributed by atoms with van der Waals surface area (Å²) in [5.74, 6) is 0.0523. The van der Waals surface area contributed by atoms with E-state index in [0.717, 1.165) is 28.9 Å². The minimum Gasteiger partial charge on any atom is -0.364 e. The summed E-state index contributed by atoms with van der Waals surface area (Å²) < 4.78 is 26.9. The molecule has 7 heteroatoms. The second-order valence-corrected chi connectivity index (χ2v) is 7.16. The molecule has 3 nitrogen and oxygen atoms in total. The van der Waals surface area contributed by atoms with Crippen LogP contribution >= 0.6 is 23.2 Å². The van der Waals surface area contributed by atoms with Gasteiger partial charge in [0.2, 0.25) is 5.56 Å². The lowest BCUT2D eigenvalue weighted by Gasteiger charge is -2.32. The summed E-state index contributed by atoms with van der Waals surface area (Å²) in [6, 6.07) is 1.31. The van der Waals surface area contributed by atoms with Crippen LogP contribution in [-0.2, 0) is 6.42 Å². The fourth-order valence-electron chi connectivity index (χ4n) is 4.01. The fourth-order valence-corrected chi connectivity index (χ4v) is 4.45. The minimum absolute atomic E-state index is 0.0430. The van der Waals surface area contributed by atoms with Crippen molar-refractivity contribution in [1.29, 1.82) is 0 Å². The number of hydrogen-bond acceptors (Lipinski definition) is 2. The number of halogens is 4. The molecule has 0 aromatic carbocycles. The summed E-state index contributed by atoms with van der Waals surface area (Å²) in [5, 5.41) is -2.89. The van der Waals surface area contributed by atoms with Gasteiger partial charge < -0.3 is 9.88 Å². The lowest BCUT2D eigenvalue weighted by atomic mass is 9.85. The molecule has 126 valence electrons. The van der Waals surface area contributed by atoms with Crippen molar-refractivity contribution < 1.29 is 8.78 Å². The number of fused-ring (bicyclic) bond motifs is 2. The van der Waals surface area contributed by atoms with E-state index in [9.17, 15) is 13.6 Å². The predicted octanol–water partition coefficient (Wildman–Crippen LogP) is 4.25. The minimum atomic E-state index is -3.27. The number of pyridine rings is 1. The third-order valence-electron chi connectivity index (χ3n) is 4.81. The van der Waals surface area contributed by atoms with Gasteiger partial charge in [-0.2, -0.15) is 8.78 Å². The zero-order valence-corrected chi connectivity index (χ0v) is 14.4. The molecule has 1 aliphatic heterocycles. The lowest BCUT2D eigenvalue weighted by molar-refractivity contribution is 0.0435. The number of aryl methyl sites for hydroxylation is 1. The van der Waals surface area contributed by atoms with Crippen LogP contribution in [0.3, 0.4) is 0 Å². The normalized spacial score (nSPS) is 24.0. The van der Waals surface area contributed by atoms with E-state index in [4.69, 9.17) is 23.2 Å². The first-order valence-corrected chi connectivity index (χ1v) is 8.47. The second-order valence-electron chi connectivity index (χ2n) is 6.20. The smallest absolute Gasteiger partial charge is 0.338 e. The molecule has 0 radical (unpaired) electrons. The van der Waals surface area contributed by atoms with Crippen LogP contribution in [0.25, 0.3) is 5.57 Å². The highest BCUT2D eigenvalue weighted by Gasteiger charge is 2.44. The Morgan fingerprint density at radius 1 is 1.43 bits per heavy atom. The molecule has 0 spiro atoms. The molecule has 0 saturated carbocycles. The van der Waals surface area contributed by atoms with Crippen LogP contribution in [0.15, 0.2) is 16.6 Å². The lowest BCUT2D eigenvalue weighted by Crippen LogP contribution is -2.39. The van der Waals surface area contributed by atoms with E-state index >= 15 is 0 Å². The zero-order valence-electron chi connectivity index (χ0n) is 12.9. The van der Waals surface area contributed by atoms with Crippen molar-refractivity contribution >= 4 is 28.8 Å². The number of alkyl halides is 3. The van der Waals surface area contributed by atoms with Gasteiger partial charge in [0.05, 0.1) is 11.6 Å². The van der Waals surface area contributed by atoms with Crippen LogP contribution in [0, 0.1) is 5.92 Å². The average Bonchev–Trinajstić information content (AvgIpc) is 2.68. The maximum Gasteiger partial charge on any atom is 0.338 e. The van der Waals surface area contributed by atoms with Crippen LogP contribution in [0.5, 0.6) is 0 Å². The molecule has 1 aliphatic carbocycles. The van der Waals surface area contributed by atoms with Gasteiger partial charge in [0.15, 0.2) is 0 Å². The van der Waals surface area contributed by atoms with E-state index in [1.807, 2.05) is 13.8 Å². The van der Waals surface area contributed by atoms with Crippen molar-refractivity contribution in [3.05, 3.63) is 38.4 Å². The van der Waals surface area contributed by atoms with Crippen molar-refractivity contribution in [2.75, 3.05) is 6.54 Å². The molecule has 3 rings (SSSR count). The standard InChI is InChI=1S/C16H18Cl2F2N2O/c1-3-11-8(2)14-12(22(11)7-16(18,19)20)5-4-10-15(14)9(17)6-13(23)21-10/h6,8,11H,3-5,7H2,1-2H3,(H,21,23). The number of aromatic amines is 1. The van der Waals surface area contributed by atoms with Gasteiger partial charge in [-0.1, -0.05) is 25.4 Å². The summed E-state index contributed by atoms with van der Waals surface area (Å²) in [7, 11) is 0. The van der Waals surface area contributed by atoms with Gasteiger partial charge in [-0.15, -0.1) is 0 Å². The summed E-state index contributed by atoms with van der Waals surface area (Å²) in [6.45, 7) is 3.49. The quantitative estimate of drug-likeness (QED) is 0.816. The first-order valence-electron chi connectivity index (χ1n) is 7.71. The maximum atomic E-state index is 13.4. The average molecular weight is 363 g/mol. The van der Waals surface area contributed by atoms with Gasteiger partial charge in [-0.3, -0.25) is 4.79 Å². The highest BCUT2D eigenvalue weighted by atomic mass is 35.5. The largest absolute Gasteiger partial charge is 0.364 e. The van der Waals surface area contributed by atoms with Gasteiger partial charge in [0.25, 0.3) is 0 Å². The summed E-state index contributed by atoms with van der Waals surface area (Å²) in [4.78, 5) is 16.2. The Bertz CT molecular complexity index is 724. The third kappa shape index (κ3) is 2.89. The molecular weight excluding hydrogens is 345 g/mol. The second kappa shape index (κ2) is 5.78. The summed E-state index contributed by atoms with van der Waals surface area (Å²) in [6.07, 6.45) is 1.92. The Morgan fingerprint density at radius 3 is 2.74 bits per heavy atom. The van der Waals surface area contributed by atoms with Crippen LogP contribution < -0.4 is 5.56 Å². The SMILES string of the molecule is CCC1C(C)C2=C(CCc3[nH]c(=O)cc(Cl)c32)N1CC(F)(F)Cl. The van der Waals surface area contributed by atoms with E-state index in [2.05, 4.69) is 4.98 Å². The molecule has 0 saturated heterocycles. The maximum absolute atomic E-state index is 13.4. The highest BCUT2D eigenvalue weighted by molar-refractivity contribution is 6.32. The Kier molecular flexibility index (Phi) is 4.21. The molecule has 2 atom stereocenters. The van der Waals surface area contributed by atoms with E-state index in [-0.39, 0.29) is 17.5 Å². The Hall–Kier alpha value is -1.07. The van der Waals surface area contributed by atoms with E-state index < -0.39 is 11.9 Å². The van der Waals surface area contributed by atoms with Crippen LogP contribution in [0.2, 0.25) is 5.02 Å². The van der Waals surface area contributed by atoms with E-state index in [0.29, 0.717) is 17.9 Å². The number of aromatic nitrogens is 1. The molecule has 2 heterocycles. The number of nitrogens with one attached hydrogen (secondary N) is 1. The first kappa shape index (κ1) is 16.8. The Balaban J connectivity index is 2.14. The molecular formula is C16H18Cl2F2N2O. The zero-order chi connectivity index (χ0) is 16.9. The van der Waals surface area contributed by atoms with E-state index in [1.54, 1.807) is 4.90 Å². The van der Waals surface area contributed by atoms with Gasteiger partial charge in [-0.05, 0) is 36.4 Å². The van der Waals surface area contributed by atoms with Crippen molar-refractivity contribution in [2.24, 2.45) is 5.92 Å². The monoisotopic (exact) mass is 362 g/mol. The molecule has 0 fully saturated rings. The number of allylic oxidation sites excluding steroid dienone is 1. The van der Waals surface area contributed by atoms with Gasteiger partial charge >= 0.3 is 5.38 Å². The molecule has 0 amide bonds. The van der Waals surface area contributed by atoms with E-state index in [1.165, 1.54) is 6.07 Å². The molecule has 0 bridgehead atoms. The number of hydrogen-bond donors (Lipinski definition) is 1. The molecule has 1 aromatic heterocycles. The summed E-state index contributed by atoms with van der Waals surface area (Å²) >= 11 is 11.5. The van der Waals surface area contributed by atoms with Gasteiger partial charge in [0, 0.05) is 35.0 Å².